The first-order valence-corrected chi connectivity index (χ1v) is 5.12. The van der Waals surface area contributed by atoms with Crippen LogP contribution < -0.4 is 16.4 Å². The standard InChI is InChI=1S/C9H21N3O2/c10-9(14)12-7-6-11-5-3-1-2-4-8-13/h11,13H,1-8H2,(H3,10,12,14). The van der Waals surface area contributed by atoms with Crippen molar-refractivity contribution in [2.45, 2.75) is 25.7 Å². The second-order valence-corrected chi connectivity index (χ2v) is 3.18. The third-order valence-corrected chi connectivity index (χ3v) is 1.86. The van der Waals surface area contributed by atoms with Gasteiger partial charge in [0.2, 0.25) is 0 Å². The largest absolute Gasteiger partial charge is 0.396 e. The average Bonchev–Trinajstić information content (AvgIpc) is 2.15. The molecule has 0 aromatic carbocycles. The van der Waals surface area contributed by atoms with Crippen LogP contribution in [0.3, 0.4) is 0 Å². The van der Waals surface area contributed by atoms with Gasteiger partial charge < -0.3 is 21.5 Å². The van der Waals surface area contributed by atoms with E-state index in [0.717, 1.165) is 38.8 Å². The highest BCUT2D eigenvalue weighted by molar-refractivity contribution is 5.71. The van der Waals surface area contributed by atoms with E-state index >= 15 is 0 Å². The summed E-state index contributed by atoms with van der Waals surface area (Å²) in [6, 6.07) is -0.477. The molecular weight excluding hydrogens is 182 g/mol. The molecule has 5 heteroatoms. The van der Waals surface area contributed by atoms with Gasteiger partial charge in [-0.05, 0) is 19.4 Å². The van der Waals surface area contributed by atoms with Gasteiger partial charge in [0.15, 0.2) is 0 Å². The van der Waals surface area contributed by atoms with Crippen molar-refractivity contribution < 1.29 is 9.90 Å². The Bertz CT molecular complexity index is 142. The number of urea groups is 1. The lowest BCUT2D eigenvalue weighted by molar-refractivity contribution is 0.249. The third-order valence-electron chi connectivity index (χ3n) is 1.86. The van der Waals surface area contributed by atoms with E-state index in [1.165, 1.54) is 0 Å². The summed E-state index contributed by atoms with van der Waals surface area (Å²) < 4.78 is 0. The summed E-state index contributed by atoms with van der Waals surface area (Å²) in [6.45, 7) is 2.57. The van der Waals surface area contributed by atoms with Crippen LogP contribution >= 0.6 is 0 Å². The van der Waals surface area contributed by atoms with Crippen LogP contribution in [0.5, 0.6) is 0 Å². The molecule has 0 spiro atoms. The number of aliphatic hydroxyl groups excluding tert-OH is 1. The first-order chi connectivity index (χ1) is 6.77. The lowest BCUT2D eigenvalue weighted by atomic mass is 10.2. The van der Waals surface area contributed by atoms with E-state index in [1.54, 1.807) is 0 Å². The number of hydrogen-bond donors (Lipinski definition) is 4. The molecule has 0 saturated carbocycles. The fraction of sp³-hybridized carbons (Fsp3) is 0.889. The number of hydrogen-bond acceptors (Lipinski definition) is 3. The molecule has 84 valence electrons. The van der Waals surface area contributed by atoms with Gasteiger partial charge in [-0.2, -0.15) is 0 Å². The molecule has 2 amide bonds. The van der Waals surface area contributed by atoms with E-state index in [2.05, 4.69) is 10.6 Å². The highest BCUT2D eigenvalue weighted by atomic mass is 16.2. The summed E-state index contributed by atoms with van der Waals surface area (Å²) in [4.78, 5) is 10.3. The summed E-state index contributed by atoms with van der Waals surface area (Å²) in [7, 11) is 0. The Morgan fingerprint density at radius 1 is 1.07 bits per heavy atom. The first-order valence-electron chi connectivity index (χ1n) is 5.12. The zero-order valence-corrected chi connectivity index (χ0v) is 8.59. The van der Waals surface area contributed by atoms with Gasteiger partial charge in [0.25, 0.3) is 0 Å². The van der Waals surface area contributed by atoms with E-state index < -0.39 is 6.03 Å². The van der Waals surface area contributed by atoms with Gasteiger partial charge in [0.05, 0.1) is 0 Å². The Morgan fingerprint density at radius 2 is 1.79 bits per heavy atom. The van der Waals surface area contributed by atoms with Crippen molar-refractivity contribution in [3.63, 3.8) is 0 Å². The minimum Gasteiger partial charge on any atom is -0.396 e. The fourth-order valence-electron chi connectivity index (χ4n) is 1.11. The molecular formula is C9H21N3O2. The minimum atomic E-state index is -0.477. The Kier molecular flexibility index (Phi) is 9.68. The van der Waals surface area contributed by atoms with Gasteiger partial charge >= 0.3 is 6.03 Å². The van der Waals surface area contributed by atoms with Gasteiger partial charge in [0, 0.05) is 19.7 Å². The number of unbranched alkanes of at least 4 members (excludes halogenated alkanes) is 3. The maximum absolute atomic E-state index is 10.3. The molecule has 0 bridgehead atoms. The van der Waals surface area contributed by atoms with Crippen LogP contribution in [0.2, 0.25) is 0 Å². The summed E-state index contributed by atoms with van der Waals surface area (Å²) >= 11 is 0. The SMILES string of the molecule is NC(=O)NCCNCCCCCCO. The third kappa shape index (κ3) is 11.2. The van der Waals surface area contributed by atoms with Gasteiger partial charge in [-0.1, -0.05) is 12.8 Å². The first kappa shape index (κ1) is 13.2. The molecule has 0 saturated heterocycles. The lowest BCUT2D eigenvalue weighted by Gasteiger charge is -2.04. The quantitative estimate of drug-likeness (QED) is 0.391. The smallest absolute Gasteiger partial charge is 0.312 e. The van der Waals surface area contributed by atoms with Crippen LogP contribution in [-0.4, -0.2) is 37.4 Å². The van der Waals surface area contributed by atoms with Crippen molar-refractivity contribution in [1.29, 1.82) is 0 Å². The summed E-state index contributed by atoms with van der Waals surface area (Å²) in [5, 5.41) is 14.2. The highest BCUT2D eigenvalue weighted by Gasteiger charge is 1.91. The van der Waals surface area contributed by atoms with Gasteiger partial charge in [-0.15, -0.1) is 0 Å². The van der Waals surface area contributed by atoms with Crippen molar-refractivity contribution in [2.24, 2.45) is 5.73 Å². The monoisotopic (exact) mass is 203 g/mol. The predicted octanol–water partition coefficient (Wildman–Crippen LogP) is -0.203. The Labute approximate surface area is 85.1 Å². The number of aliphatic hydroxyl groups is 1. The van der Waals surface area contributed by atoms with Crippen LogP contribution in [0.4, 0.5) is 4.79 Å². The molecule has 5 N–H and O–H groups in total. The molecule has 0 heterocycles. The lowest BCUT2D eigenvalue weighted by Crippen LogP contribution is -2.35. The second kappa shape index (κ2) is 10.3. The molecule has 0 unspecified atom stereocenters. The zero-order valence-electron chi connectivity index (χ0n) is 8.59. The fourth-order valence-corrected chi connectivity index (χ4v) is 1.11. The van der Waals surface area contributed by atoms with Crippen LogP contribution in [0, 0.1) is 0 Å². The Balaban J connectivity index is 2.88. The van der Waals surface area contributed by atoms with Gasteiger partial charge in [0.1, 0.15) is 0 Å². The van der Waals surface area contributed by atoms with Crippen LogP contribution in [0.1, 0.15) is 25.7 Å². The van der Waals surface area contributed by atoms with Crippen molar-refractivity contribution in [2.75, 3.05) is 26.2 Å². The number of primary amides is 1. The highest BCUT2D eigenvalue weighted by Crippen LogP contribution is 1.96. The molecule has 0 aliphatic carbocycles. The Morgan fingerprint density at radius 3 is 2.43 bits per heavy atom. The topological polar surface area (TPSA) is 87.4 Å². The molecule has 14 heavy (non-hydrogen) atoms. The van der Waals surface area contributed by atoms with Crippen LogP contribution in [0.15, 0.2) is 0 Å². The van der Waals surface area contributed by atoms with Crippen LogP contribution in [0.25, 0.3) is 0 Å². The van der Waals surface area contributed by atoms with Crippen molar-refractivity contribution in [3.05, 3.63) is 0 Å². The molecule has 0 aliphatic heterocycles. The number of carbonyl (C=O) groups is 1. The molecule has 0 rings (SSSR count). The van der Waals surface area contributed by atoms with E-state index in [4.69, 9.17) is 10.8 Å². The molecule has 0 aliphatic rings. The van der Waals surface area contributed by atoms with Crippen molar-refractivity contribution >= 4 is 6.03 Å². The molecule has 0 fully saturated rings. The van der Waals surface area contributed by atoms with Crippen molar-refractivity contribution in [1.82, 2.24) is 10.6 Å². The minimum absolute atomic E-state index is 0.288. The second-order valence-electron chi connectivity index (χ2n) is 3.18. The predicted molar refractivity (Wildman–Crippen MR) is 56.0 cm³/mol. The van der Waals surface area contributed by atoms with E-state index in [9.17, 15) is 4.79 Å². The molecule has 5 nitrogen and oxygen atoms in total. The summed E-state index contributed by atoms with van der Waals surface area (Å²) in [5.41, 5.74) is 4.89. The number of nitrogens with one attached hydrogen (secondary N) is 2. The summed E-state index contributed by atoms with van der Waals surface area (Å²) in [6.07, 6.45) is 4.22. The Hall–Kier alpha value is -0.810. The van der Waals surface area contributed by atoms with E-state index in [1.807, 2.05) is 0 Å². The van der Waals surface area contributed by atoms with Gasteiger partial charge in [-0.3, -0.25) is 0 Å². The summed E-state index contributed by atoms with van der Waals surface area (Å²) in [5.74, 6) is 0. The number of rotatable bonds is 9. The van der Waals surface area contributed by atoms with E-state index in [0.29, 0.717) is 6.54 Å². The number of carbonyl (C=O) groups excluding carboxylic acids is 1. The van der Waals surface area contributed by atoms with E-state index in [-0.39, 0.29) is 6.61 Å². The normalized spacial score (nSPS) is 10.1. The molecule has 0 atom stereocenters. The van der Waals surface area contributed by atoms with Crippen molar-refractivity contribution in [3.8, 4) is 0 Å². The van der Waals surface area contributed by atoms with Gasteiger partial charge in [-0.25, -0.2) is 4.79 Å². The molecule has 0 aromatic heterocycles. The molecule has 0 aromatic rings. The maximum atomic E-state index is 10.3. The average molecular weight is 203 g/mol. The maximum Gasteiger partial charge on any atom is 0.312 e. The molecule has 0 radical (unpaired) electrons. The zero-order chi connectivity index (χ0) is 10.6. The van der Waals surface area contributed by atoms with Crippen LogP contribution in [-0.2, 0) is 0 Å². The number of amides is 2. The number of nitrogens with two attached hydrogens (primary N) is 1.